The van der Waals surface area contributed by atoms with Gasteiger partial charge in [-0.1, -0.05) is 6.92 Å². The van der Waals surface area contributed by atoms with E-state index in [1.165, 1.54) is 0 Å². The van der Waals surface area contributed by atoms with E-state index < -0.39 is 0 Å². The fraction of sp³-hybridized carbons (Fsp3) is 0.308. The second kappa shape index (κ2) is 6.53. The van der Waals surface area contributed by atoms with Gasteiger partial charge in [-0.2, -0.15) is 0 Å². The zero-order valence-electron chi connectivity index (χ0n) is 10.8. The van der Waals surface area contributed by atoms with Crippen molar-refractivity contribution in [1.29, 1.82) is 0 Å². The number of hydrogen-bond acceptors (Lipinski definition) is 4. The molecule has 0 radical (unpaired) electrons. The minimum absolute atomic E-state index is 0.199. The number of hydrogen-bond donors (Lipinski definition) is 3. The van der Waals surface area contributed by atoms with Crippen LogP contribution in [0.25, 0.3) is 0 Å². The molecule has 0 unspecified atom stereocenters. The van der Waals surface area contributed by atoms with Crippen molar-refractivity contribution in [3.63, 3.8) is 0 Å². The lowest BCUT2D eigenvalue weighted by Gasteiger charge is -2.07. The van der Waals surface area contributed by atoms with Crippen LogP contribution in [0, 0.1) is 0 Å². The summed E-state index contributed by atoms with van der Waals surface area (Å²) in [5, 5.41) is 6.01. The maximum Gasteiger partial charge on any atom is 0.270 e. The first kappa shape index (κ1) is 13.1. The molecule has 2 aromatic rings. The summed E-state index contributed by atoms with van der Waals surface area (Å²) in [4.78, 5) is 22.8. The number of aromatic amines is 1. The molecule has 0 spiro atoms. The molecule has 0 aliphatic rings. The first-order valence-corrected chi connectivity index (χ1v) is 6.25. The summed E-state index contributed by atoms with van der Waals surface area (Å²) in [6, 6.07) is 3.60. The first-order valence-electron chi connectivity index (χ1n) is 6.25. The summed E-state index contributed by atoms with van der Waals surface area (Å²) in [5.41, 5.74) is 2.16. The Morgan fingerprint density at radius 1 is 1.47 bits per heavy atom. The Bertz CT molecular complexity index is 524. The van der Waals surface area contributed by atoms with Gasteiger partial charge in [-0.25, -0.2) is 4.98 Å². The van der Waals surface area contributed by atoms with Crippen LogP contribution in [0.1, 0.15) is 29.5 Å². The van der Waals surface area contributed by atoms with Gasteiger partial charge < -0.3 is 15.6 Å². The quantitative estimate of drug-likeness (QED) is 0.735. The molecule has 2 heterocycles. The van der Waals surface area contributed by atoms with E-state index in [0.29, 0.717) is 12.2 Å². The summed E-state index contributed by atoms with van der Waals surface area (Å²) in [6.45, 7) is 3.37. The Morgan fingerprint density at radius 3 is 3.11 bits per heavy atom. The van der Waals surface area contributed by atoms with Crippen LogP contribution in [0.2, 0.25) is 0 Å². The number of carbonyl (C=O) groups is 1. The van der Waals surface area contributed by atoms with Gasteiger partial charge in [-0.15, -0.1) is 0 Å². The fourth-order valence-corrected chi connectivity index (χ4v) is 1.58. The number of amides is 1. The molecule has 0 saturated carbocycles. The van der Waals surface area contributed by atoms with Crippen LogP contribution in [0.5, 0.6) is 0 Å². The highest BCUT2D eigenvalue weighted by Crippen LogP contribution is 2.08. The highest BCUT2D eigenvalue weighted by atomic mass is 16.1. The van der Waals surface area contributed by atoms with E-state index in [1.807, 2.05) is 6.07 Å². The summed E-state index contributed by atoms with van der Waals surface area (Å²) in [6.07, 6.45) is 5.91. The summed E-state index contributed by atoms with van der Waals surface area (Å²) >= 11 is 0. The lowest BCUT2D eigenvalue weighted by molar-refractivity contribution is 0.0945. The number of aromatic nitrogens is 3. The lowest BCUT2D eigenvalue weighted by Crippen LogP contribution is -2.24. The van der Waals surface area contributed by atoms with E-state index in [4.69, 9.17) is 0 Å². The molecule has 19 heavy (non-hydrogen) atoms. The van der Waals surface area contributed by atoms with Crippen LogP contribution in [-0.4, -0.2) is 27.4 Å². The minimum Gasteiger partial charge on any atom is -0.385 e. The third kappa shape index (κ3) is 3.80. The molecule has 0 atom stereocenters. The molecule has 2 rings (SSSR count). The van der Waals surface area contributed by atoms with Crippen molar-refractivity contribution in [2.24, 2.45) is 0 Å². The predicted molar refractivity (Wildman–Crippen MR) is 72.8 cm³/mol. The number of pyridine rings is 1. The largest absolute Gasteiger partial charge is 0.385 e. The minimum atomic E-state index is -0.199. The Hall–Kier alpha value is -2.37. The van der Waals surface area contributed by atoms with Crippen LogP contribution in [-0.2, 0) is 6.54 Å². The number of carbonyl (C=O) groups excluding carboxylic acids is 1. The predicted octanol–water partition coefficient (Wildman–Crippen LogP) is 1.56. The molecular formula is C13H17N5O. The Kier molecular flexibility index (Phi) is 4.49. The highest BCUT2D eigenvalue weighted by molar-refractivity contribution is 5.93. The number of rotatable bonds is 6. The molecule has 0 saturated heterocycles. The van der Waals surface area contributed by atoms with Crippen LogP contribution in [0.15, 0.2) is 30.9 Å². The topological polar surface area (TPSA) is 82.7 Å². The molecule has 1 amide bonds. The van der Waals surface area contributed by atoms with Crippen LogP contribution in [0.3, 0.4) is 0 Å². The Morgan fingerprint density at radius 2 is 2.37 bits per heavy atom. The Balaban J connectivity index is 1.94. The number of nitrogens with zero attached hydrogens (tertiary/aromatic N) is 2. The van der Waals surface area contributed by atoms with Crippen molar-refractivity contribution in [3.05, 3.63) is 42.2 Å². The SMILES string of the molecule is CCCNc1ccnc(C(=O)NCc2cnc[nH]2)c1. The van der Waals surface area contributed by atoms with Gasteiger partial charge in [0.15, 0.2) is 0 Å². The van der Waals surface area contributed by atoms with Gasteiger partial charge in [0, 0.05) is 24.6 Å². The van der Waals surface area contributed by atoms with E-state index in [2.05, 4.69) is 32.5 Å². The number of H-pyrrole nitrogens is 1. The zero-order chi connectivity index (χ0) is 13.5. The number of nitrogens with one attached hydrogen (secondary N) is 3. The molecule has 6 heteroatoms. The molecule has 0 aliphatic carbocycles. The van der Waals surface area contributed by atoms with Crippen molar-refractivity contribution in [2.45, 2.75) is 19.9 Å². The van der Waals surface area contributed by atoms with E-state index in [0.717, 1.165) is 24.3 Å². The van der Waals surface area contributed by atoms with E-state index in [-0.39, 0.29) is 5.91 Å². The second-order valence-electron chi connectivity index (χ2n) is 4.12. The van der Waals surface area contributed by atoms with Gasteiger partial charge in [0.25, 0.3) is 5.91 Å². The molecule has 3 N–H and O–H groups in total. The third-order valence-electron chi connectivity index (χ3n) is 2.57. The molecule has 0 aromatic carbocycles. The molecule has 100 valence electrons. The monoisotopic (exact) mass is 259 g/mol. The van der Waals surface area contributed by atoms with Crippen molar-refractivity contribution in [3.8, 4) is 0 Å². The molecular weight excluding hydrogens is 242 g/mol. The fourth-order valence-electron chi connectivity index (χ4n) is 1.58. The maximum absolute atomic E-state index is 11.9. The third-order valence-corrected chi connectivity index (χ3v) is 2.57. The summed E-state index contributed by atoms with van der Waals surface area (Å²) in [7, 11) is 0. The van der Waals surface area contributed by atoms with Crippen molar-refractivity contribution < 1.29 is 4.79 Å². The van der Waals surface area contributed by atoms with Crippen molar-refractivity contribution in [2.75, 3.05) is 11.9 Å². The van der Waals surface area contributed by atoms with Crippen molar-refractivity contribution >= 4 is 11.6 Å². The first-order chi connectivity index (χ1) is 9.29. The average Bonchev–Trinajstić information content (AvgIpc) is 2.96. The van der Waals surface area contributed by atoms with Gasteiger partial charge in [0.2, 0.25) is 0 Å². The van der Waals surface area contributed by atoms with Crippen LogP contribution in [0.4, 0.5) is 5.69 Å². The average molecular weight is 259 g/mol. The molecule has 2 aromatic heterocycles. The lowest BCUT2D eigenvalue weighted by atomic mass is 10.3. The molecule has 0 aliphatic heterocycles. The summed E-state index contributed by atoms with van der Waals surface area (Å²) in [5.74, 6) is -0.199. The van der Waals surface area contributed by atoms with E-state index >= 15 is 0 Å². The van der Waals surface area contributed by atoms with Gasteiger partial charge in [-0.05, 0) is 18.6 Å². The number of anilines is 1. The molecule has 0 fully saturated rings. The van der Waals surface area contributed by atoms with Crippen molar-refractivity contribution in [1.82, 2.24) is 20.3 Å². The van der Waals surface area contributed by atoms with Crippen LogP contribution < -0.4 is 10.6 Å². The standard InChI is InChI=1S/C13H17N5O/c1-2-4-15-10-3-5-16-12(6-10)13(19)17-8-11-7-14-9-18-11/h3,5-7,9H,2,4,8H2,1H3,(H,14,18)(H,15,16)(H,17,19). The number of imidazole rings is 1. The molecule has 6 nitrogen and oxygen atoms in total. The van der Waals surface area contributed by atoms with Gasteiger partial charge >= 0.3 is 0 Å². The summed E-state index contributed by atoms with van der Waals surface area (Å²) < 4.78 is 0. The van der Waals surface area contributed by atoms with Gasteiger partial charge in [0.1, 0.15) is 5.69 Å². The maximum atomic E-state index is 11.9. The van der Waals surface area contributed by atoms with E-state index in [1.54, 1.807) is 24.8 Å². The smallest absolute Gasteiger partial charge is 0.270 e. The van der Waals surface area contributed by atoms with Gasteiger partial charge in [0.05, 0.1) is 18.6 Å². The zero-order valence-corrected chi connectivity index (χ0v) is 10.8. The Labute approximate surface area is 111 Å². The van der Waals surface area contributed by atoms with Gasteiger partial charge in [-0.3, -0.25) is 9.78 Å². The second-order valence-corrected chi connectivity index (χ2v) is 4.12. The normalized spacial score (nSPS) is 10.2. The van der Waals surface area contributed by atoms with E-state index in [9.17, 15) is 4.79 Å². The highest BCUT2D eigenvalue weighted by Gasteiger charge is 2.07. The van der Waals surface area contributed by atoms with Crippen LogP contribution >= 0.6 is 0 Å². The molecule has 0 bridgehead atoms.